The number of ether oxygens (including phenoxy) is 2. The number of hydrogen-bond acceptors (Lipinski definition) is 5. The molecule has 0 spiro atoms. The minimum atomic E-state index is -0.683. The quantitative estimate of drug-likeness (QED) is 0.585. The van der Waals surface area contributed by atoms with Crippen LogP contribution in [0.25, 0.3) is 5.57 Å². The molecule has 8 nitrogen and oxygen atoms in total. The first-order chi connectivity index (χ1) is 14.4. The molecule has 0 aliphatic carbocycles. The molecule has 9 heteroatoms. The van der Waals surface area contributed by atoms with E-state index in [0.717, 1.165) is 35.0 Å². The van der Waals surface area contributed by atoms with E-state index in [1.165, 1.54) is 7.11 Å². The number of hydrogen-bond donors (Lipinski definition) is 2. The number of alkyl carbamates (subject to hydrolysis) is 1. The van der Waals surface area contributed by atoms with Crippen LogP contribution in [0, 0.1) is 5.92 Å². The third-order valence-corrected chi connectivity index (χ3v) is 5.68. The third-order valence-electron chi connectivity index (χ3n) is 5.42. The molecule has 0 bridgehead atoms. The molecule has 162 valence electrons. The van der Waals surface area contributed by atoms with Crippen LogP contribution in [0.3, 0.4) is 0 Å². The number of aromatic nitrogens is 2. The lowest BCUT2D eigenvalue weighted by atomic mass is 9.97. The molecule has 2 aliphatic rings. The molecule has 3 heterocycles. The van der Waals surface area contributed by atoms with Gasteiger partial charge in [0.25, 0.3) is 0 Å². The van der Waals surface area contributed by atoms with Gasteiger partial charge in [0.1, 0.15) is 11.9 Å². The standard InChI is InChI=1S/C21H27BrN4O4/c1-13(6-7-14(2)22)16-11-23-19(24-16)17-5-4-9-26(17)20(27)18(25-21(28)29-3)15-8-10-30-12-15/h6-7,11,15,17-18H,1-2,4-5,8-10,12H2,3H3,(H,23,24)(H,25,28)/b7-6-. The van der Waals surface area contributed by atoms with E-state index in [1.54, 1.807) is 17.2 Å². The molecule has 0 aromatic carbocycles. The number of likely N-dealkylation sites (tertiary alicyclic amines) is 1. The lowest BCUT2D eigenvalue weighted by molar-refractivity contribution is -0.135. The molecule has 2 saturated heterocycles. The summed E-state index contributed by atoms with van der Waals surface area (Å²) in [6, 6.07) is -0.865. The fourth-order valence-electron chi connectivity index (χ4n) is 3.83. The van der Waals surface area contributed by atoms with E-state index in [-0.39, 0.29) is 17.9 Å². The van der Waals surface area contributed by atoms with Gasteiger partial charge >= 0.3 is 6.09 Å². The molecule has 2 amide bonds. The smallest absolute Gasteiger partial charge is 0.407 e. The molecule has 2 fully saturated rings. The zero-order valence-electron chi connectivity index (χ0n) is 17.0. The van der Waals surface area contributed by atoms with Gasteiger partial charge in [0.2, 0.25) is 5.91 Å². The number of carbonyl (C=O) groups is 2. The van der Waals surface area contributed by atoms with E-state index in [4.69, 9.17) is 9.47 Å². The second-order valence-corrected chi connectivity index (χ2v) is 8.43. The van der Waals surface area contributed by atoms with Crippen molar-refractivity contribution in [2.24, 2.45) is 5.92 Å². The Balaban J connectivity index is 1.77. The predicted octanol–water partition coefficient (Wildman–Crippen LogP) is 3.31. The summed E-state index contributed by atoms with van der Waals surface area (Å²) in [6.07, 6.45) is 7.12. The minimum absolute atomic E-state index is 0.0766. The van der Waals surface area contributed by atoms with Crippen molar-refractivity contribution >= 4 is 33.5 Å². The summed E-state index contributed by atoms with van der Waals surface area (Å²) in [5.74, 6) is 0.500. The van der Waals surface area contributed by atoms with Crippen LogP contribution in [0.15, 0.2) is 36.0 Å². The first-order valence-corrected chi connectivity index (χ1v) is 10.7. The Bertz CT molecular complexity index is 844. The number of allylic oxidation sites excluding steroid dienone is 4. The first kappa shape index (κ1) is 22.3. The molecular formula is C21H27BrN4O4. The highest BCUT2D eigenvalue weighted by atomic mass is 79.9. The van der Waals surface area contributed by atoms with Crippen LogP contribution < -0.4 is 5.32 Å². The first-order valence-electron chi connectivity index (χ1n) is 9.90. The van der Waals surface area contributed by atoms with E-state index < -0.39 is 12.1 Å². The van der Waals surface area contributed by atoms with Crippen molar-refractivity contribution in [3.05, 3.63) is 47.5 Å². The highest BCUT2D eigenvalue weighted by Crippen LogP contribution is 2.33. The summed E-state index contributed by atoms with van der Waals surface area (Å²) in [6.45, 7) is 9.43. The van der Waals surface area contributed by atoms with Gasteiger partial charge in [-0.3, -0.25) is 4.79 Å². The number of methoxy groups -OCH3 is 1. The van der Waals surface area contributed by atoms with E-state index >= 15 is 0 Å². The number of amides is 2. The lowest BCUT2D eigenvalue weighted by Gasteiger charge is -2.30. The highest BCUT2D eigenvalue weighted by Gasteiger charge is 2.40. The molecule has 1 aromatic heterocycles. The van der Waals surface area contributed by atoms with Crippen molar-refractivity contribution in [2.75, 3.05) is 26.9 Å². The summed E-state index contributed by atoms with van der Waals surface area (Å²) in [4.78, 5) is 34.8. The fourth-order valence-corrected chi connectivity index (χ4v) is 3.96. The van der Waals surface area contributed by atoms with E-state index in [2.05, 4.69) is 44.4 Å². The Hall–Kier alpha value is -2.39. The van der Waals surface area contributed by atoms with Crippen molar-refractivity contribution in [2.45, 2.75) is 31.3 Å². The van der Waals surface area contributed by atoms with Crippen LogP contribution >= 0.6 is 15.9 Å². The summed E-state index contributed by atoms with van der Waals surface area (Å²) >= 11 is 3.28. The third kappa shape index (κ3) is 5.20. The average Bonchev–Trinajstić information content (AvgIpc) is 3.49. The van der Waals surface area contributed by atoms with Crippen molar-refractivity contribution in [3.63, 3.8) is 0 Å². The van der Waals surface area contributed by atoms with Crippen LogP contribution in [0.4, 0.5) is 4.79 Å². The SMILES string of the molecule is C=C(Br)/C=C\C(=C)c1cnc(C2CCCN2C(=O)C(NC(=O)OC)C2CCOC2)[nH]1. The predicted molar refractivity (Wildman–Crippen MR) is 117 cm³/mol. The van der Waals surface area contributed by atoms with Crippen molar-refractivity contribution in [1.29, 1.82) is 0 Å². The molecule has 3 atom stereocenters. The van der Waals surface area contributed by atoms with Gasteiger partial charge in [-0.15, -0.1) is 0 Å². The summed E-state index contributed by atoms with van der Waals surface area (Å²) in [5.41, 5.74) is 1.54. The zero-order valence-corrected chi connectivity index (χ0v) is 18.6. The number of halogens is 1. The van der Waals surface area contributed by atoms with Gasteiger partial charge in [-0.25, -0.2) is 9.78 Å². The molecule has 0 radical (unpaired) electrons. The van der Waals surface area contributed by atoms with Gasteiger partial charge in [0.05, 0.1) is 31.6 Å². The molecular weight excluding hydrogens is 452 g/mol. The van der Waals surface area contributed by atoms with Crippen LogP contribution in [-0.4, -0.2) is 59.8 Å². The van der Waals surface area contributed by atoms with Crippen molar-refractivity contribution in [3.8, 4) is 0 Å². The Morgan fingerprint density at radius 3 is 2.90 bits per heavy atom. The minimum Gasteiger partial charge on any atom is -0.453 e. The number of carbonyl (C=O) groups excluding carboxylic acids is 2. The molecule has 1 aromatic rings. The summed E-state index contributed by atoms with van der Waals surface area (Å²) < 4.78 is 10.9. The molecule has 30 heavy (non-hydrogen) atoms. The number of H-pyrrole nitrogens is 1. The number of aromatic amines is 1. The Kier molecular flexibility index (Phi) is 7.49. The molecule has 3 rings (SSSR count). The number of imidazole rings is 1. The molecule has 2 N–H and O–H groups in total. The second kappa shape index (κ2) is 10.1. The van der Waals surface area contributed by atoms with Crippen LogP contribution in [0.5, 0.6) is 0 Å². The van der Waals surface area contributed by atoms with Crippen LogP contribution in [0.1, 0.15) is 36.8 Å². The topological polar surface area (TPSA) is 96.6 Å². The van der Waals surface area contributed by atoms with Gasteiger partial charge < -0.3 is 24.7 Å². The van der Waals surface area contributed by atoms with E-state index in [9.17, 15) is 9.59 Å². The summed E-state index contributed by atoms with van der Waals surface area (Å²) in [7, 11) is 1.29. The van der Waals surface area contributed by atoms with Gasteiger partial charge in [0, 0.05) is 23.6 Å². The van der Waals surface area contributed by atoms with E-state index in [1.807, 2.05) is 6.08 Å². The average molecular weight is 479 g/mol. The number of rotatable bonds is 7. The monoisotopic (exact) mass is 478 g/mol. The maximum absolute atomic E-state index is 13.4. The van der Waals surface area contributed by atoms with Gasteiger partial charge in [-0.1, -0.05) is 35.2 Å². The Morgan fingerprint density at radius 1 is 1.43 bits per heavy atom. The Labute approximate surface area is 184 Å². The Morgan fingerprint density at radius 2 is 2.23 bits per heavy atom. The molecule has 0 saturated carbocycles. The van der Waals surface area contributed by atoms with Crippen LogP contribution in [-0.2, 0) is 14.3 Å². The molecule has 3 unspecified atom stereocenters. The molecule has 2 aliphatic heterocycles. The highest BCUT2D eigenvalue weighted by molar-refractivity contribution is 9.11. The van der Waals surface area contributed by atoms with Gasteiger partial charge in [-0.05, 0) is 30.9 Å². The normalized spacial score (nSPS) is 22.3. The van der Waals surface area contributed by atoms with Crippen LogP contribution in [0.2, 0.25) is 0 Å². The number of nitrogens with one attached hydrogen (secondary N) is 2. The largest absolute Gasteiger partial charge is 0.453 e. The fraction of sp³-hybridized carbons (Fsp3) is 0.476. The summed E-state index contributed by atoms with van der Waals surface area (Å²) in [5, 5.41) is 2.71. The second-order valence-electron chi connectivity index (χ2n) is 7.41. The van der Waals surface area contributed by atoms with E-state index in [0.29, 0.717) is 25.6 Å². The lowest BCUT2D eigenvalue weighted by Crippen LogP contribution is -2.52. The van der Waals surface area contributed by atoms with Crippen molar-refractivity contribution in [1.82, 2.24) is 20.2 Å². The number of nitrogens with zero attached hydrogens (tertiary/aromatic N) is 2. The maximum Gasteiger partial charge on any atom is 0.407 e. The van der Waals surface area contributed by atoms with Gasteiger partial charge in [0.15, 0.2) is 0 Å². The maximum atomic E-state index is 13.4. The van der Waals surface area contributed by atoms with Gasteiger partial charge in [-0.2, -0.15) is 0 Å². The zero-order chi connectivity index (χ0) is 21.7. The van der Waals surface area contributed by atoms with Crippen molar-refractivity contribution < 1.29 is 19.1 Å².